The molecule has 2 aromatic rings. The Hall–Kier alpha value is -3.06. The lowest BCUT2D eigenvalue weighted by atomic mass is 9.83. The van der Waals surface area contributed by atoms with Crippen LogP contribution in [-0.4, -0.2) is 40.2 Å². The fourth-order valence-corrected chi connectivity index (χ4v) is 4.11. The number of aromatic hydroxyl groups is 2. The first-order valence-corrected chi connectivity index (χ1v) is 12.7. The van der Waals surface area contributed by atoms with Gasteiger partial charge in [0.1, 0.15) is 11.5 Å². The van der Waals surface area contributed by atoms with E-state index in [1.54, 1.807) is 0 Å². The zero-order chi connectivity index (χ0) is 28.1. The van der Waals surface area contributed by atoms with Crippen molar-refractivity contribution in [3.05, 3.63) is 57.6 Å². The van der Waals surface area contributed by atoms with E-state index in [4.69, 9.17) is 9.47 Å². The molecule has 0 aromatic heterocycles. The van der Waals surface area contributed by atoms with E-state index in [1.165, 1.54) is 0 Å². The molecule has 0 aliphatic carbocycles. The number of benzene rings is 2. The quantitative estimate of drug-likeness (QED) is 0.308. The van der Waals surface area contributed by atoms with Crippen LogP contribution in [0, 0.1) is 13.8 Å². The largest absolute Gasteiger partial charge is 0.507 e. The monoisotopic (exact) mass is 514 g/mol. The minimum absolute atomic E-state index is 0.0368. The van der Waals surface area contributed by atoms with Crippen molar-refractivity contribution < 1.29 is 34.4 Å². The minimum atomic E-state index is -1.55. The van der Waals surface area contributed by atoms with Crippen molar-refractivity contribution in [3.8, 4) is 11.5 Å². The first-order valence-electron chi connectivity index (χ1n) is 12.7. The molecule has 3 N–H and O–H groups in total. The van der Waals surface area contributed by atoms with Crippen LogP contribution in [0.2, 0.25) is 0 Å². The highest BCUT2D eigenvalue weighted by Crippen LogP contribution is 2.35. The second-order valence-electron chi connectivity index (χ2n) is 11.7. The van der Waals surface area contributed by atoms with Gasteiger partial charge < -0.3 is 24.8 Å². The van der Waals surface area contributed by atoms with E-state index in [-0.39, 0.29) is 35.2 Å². The lowest BCUT2D eigenvalue weighted by molar-refractivity contribution is -0.182. The number of carbonyl (C=O) groups is 2. The summed E-state index contributed by atoms with van der Waals surface area (Å²) in [6.45, 7) is 15.2. The maximum Gasteiger partial charge on any atom is 0.308 e. The molecular weight excluding hydrogens is 472 g/mol. The second kappa shape index (κ2) is 12.0. The molecule has 2 aromatic carbocycles. The Morgan fingerprint density at radius 3 is 1.57 bits per heavy atom. The standard InChI is InChI=1S/C30H42O7/c1-18-13-20(15-22(27(18)34)29(3,4)5)9-11-24(31)36-17-26(33)37-25(32)12-10-21-14-19(2)28(35)23(16-21)30(6,7)8/h13-16,26,33-35H,9-12,17H2,1-8H3. The average Bonchev–Trinajstić information content (AvgIpc) is 2.77. The van der Waals surface area contributed by atoms with Gasteiger partial charge in [-0.2, -0.15) is 0 Å². The van der Waals surface area contributed by atoms with Gasteiger partial charge in [-0.1, -0.05) is 65.8 Å². The number of phenols is 2. The molecule has 204 valence electrons. The summed E-state index contributed by atoms with van der Waals surface area (Å²) in [6, 6.07) is 7.45. The van der Waals surface area contributed by atoms with Gasteiger partial charge in [0.25, 0.3) is 0 Å². The molecule has 0 fully saturated rings. The molecule has 37 heavy (non-hydrogen) atoms. The average molecular weight is 515 g/mol. The zero-order valence-corrected chi connectivity index (χ0v) is 23.4. The normalized spacial score (nSPS) is 12.8. The minimum Gasteiger partial charge on any atom is -0.507 e. The molecule has 1 unspecified atom stereocenters. The van der Waals surface area contributed by atoms with Crippen molar-refractivity contribution in [3.63, 3.8) is 0 Å². The summed E-state index contributed by atoms with van der Waals surface area (Å²) in [5.41, 5.74) is 4.40. The third-order valence-corrected chi connectivity index (χ3v) is 6.23. The van der Waals surface area contributed by atoms with Gasteiger partial charge in [0.2, 0.25) is 6.29 Å². The maximum atomic E-state index is 12.2. The van der Waals surface area contributed by atoms with Crippen LogP contribution in [0.4, 0.5) is 0 Å². The predicted octanol–water partition coefficient (Wildman–Crippen LogP) is 5.28. The highest BCUT2D eigenvalue weighted by molar-refractivity contribution is 5.71. The molecule has 0 aliphatic heterocycles. The molecule has 0 spiro atoms. The molecule has 7 nitrogen and oxygen atoms in total. The molecular formula is C30H42O7. The van der Waals surface area contributed by atoms with Crippen molar-refractivity contribution in [2.45, 2.75) is 98.2 Å². The summed E-state index contributed by atoms with van der Waals surface area (Å²) in [7, 11) is 0. The van der Waals surface area contributed by atoms with Gasteiger partial charge >= 0.3 is 11.9 Å². The SMILES string of the molecule is Cc1cc(CCC(=O)OCC(O)OC(=O)CCc2cc(C)c(O)c(C(C)(C)C)c2)cc(C(C)(C)C)c1O. The number of rotatable bonds is 9. The van der Waals surface area contributed by atoms with Crippen molar-refractivity contribution in [1.29, 1.82) is 0 Å². The fourth-order valence-electron chi connectivity index (χ4n) is 4.11. The van der Waals surface area contributed by atoms with Crippen LogP contribution in [0.3, 0.4) is 0 Å². The Balaban J connectivity index is 1.82. The van der Waals surface area contributed by atoms with Crippen LogP contribution in [0.1, 0.15) is 87.8 Å². The van der Waals surface area contributed by atoms with Crippen molar-refractivity contribution in [2.24, 2.45) is 0 Å². The summed E-state index contributed by atoms with van der Waals surface area (Å²) >= 11 is 0. The Bertz CT molecular complexity index is 1120. The van der Waals surface area contributed by atoms with E-state index in [2.05, 4.69) is 0 Å². The molecule has 0 saturated heterocycles. The molecule has 0 heterocycles. The van der Waals surface area contributed by atoms with Crippen LogP contribution in [0.25, 0.3) is 0 Å². The van der Waals surface area contributed by atoms with Gasteiger partial charge in [0, 0.05) is 12.8 Å². The number of esters is 2. The Morgan fingerprint density at radius 1 is 0.757 bits per heavy atom. The topological polar surface area (TPSA) is 113 Å². The van der Waals surface area contributed by atoms with Crippen molar-refractivity contribution in [1.82, 2.24) is 0 Å². The van der Waals surface area contributed by atoms with Gasteiger partial charge in [-0.05, 0) is 70.9 Å². The van der Waals surface area contributed by atoms with Crippen LogP contribution in [-0.2, 0) is 42.7 Å². The number of ether oxygens (including phenoxy) is 2. The number of aliphatic hydroxyl groups is 1. The predicted molar refractivity (Wildman–Crippen MR) is 143 cm³/mol. The third kappa shape index (κ3) is 8.78. The Labute approximate surface area is 220 Å². The number of aliphatic hydroxyl groups excluding tert-OH is 1. The molecule has 0 bridgehead atoms. The highest BCUT2D eigenvalue weighted by Gasteiger charge is 2.22. The molecule has 7 heteroatoms. The lowest BCUT2D eigenvalue weighted by Crippen LogP contribution is -2.25. The molecule has 0 amide bonds. The van der Waals surface area contributed by atoms with Crippen molar-refractivity contribution in [2.75, 3.05) is 6.61 Å². The summed E-state index contributed by atoms with van der Waals surface area (Å²) in [5, 5.41) is 30.7. The number of carbonyl (C=O) groups excluding carboxylic acids is 2. The first-order chi connectivity index (χ1) is 17.0. The third-order valence-electron chi connectivity index (χ3n) is 6.23. The van der Waals surface area contributed by atoms with E-state index in [0.29, 0.717) is 12.8 Å². The fraction of sp³-hybridized carbons (Fsp3) is 0.533. The Kier molecular flexibility index (Phi) is 9.78. The van der Waals surface area contributed by atoms with Gasteiger partial charge in [-0.25, -0.2) is 0 Å². The molecule has 0 radical (unpaired) electrons. The van der Waals surface area contributed by atoms with Gasteiger partial charge in [-0.3, -0.25) is 9.59 Å². The number of hydrogen-bond donors (Lipinski definition) is 3. The van der Waals surface area contributed by atoms with Crippen LogP contribution in [0.5, 0.6) is 11.5 Å². The molecule has 2 rings (SSSR count). The molecule has 0 aliphatic rings. The summed E-state index contributed by atoms with van der Waals surface area (Å²) in [4.78, 5) is 24.4. The van der Waals surface area contributed by atoms with Crippen LogP contribution < -0.4 is 0 Å². The summed E-state index contributed by atoms with van der Waals surface area (Å²) in [6.07, 6.45) is -0.619. The second-order valence-corrected chi connectivity index (χ2v) is 11.7. The van der Waals surface area contributed by atoms with Crippen molar-refractivity contribution >= 4 is 11.9 Å². The molecule has 1 atom stereocenters. The van der Waals surface area contributed by atoms with E-state index >= 15 is 0 Å². The molecule has 0 saturated carbocycles. The van der Waals surface area contributed by atoms with E-state index < -0.39 is 24.8 Å². The number of aryl methyl sites for hydroxylation is 4. The van der Waals surface area contributed by atoms with Gasteiger partial charge in [-0.15, -0.1) is 0 Å². The van der Waals surface area contributed by atoms with Crippen LogP contribution >= 0.6 is 0 Å². The van der Waals surface area contributed by atoms with Gasteiger partial charge in [0.15, 0.2) is 6.61 Å². The first kappa shape index (κ1) is 30.2. The smallest absolute Gasteiger partial charge is 0.308 e. The highest BCUT2D eigenvalue weighted by atomic mass is 16.7. The number of hydrogen-bond acceptors (Lipinski definition) is 7. The van der Waals surface area contributed by atoms with E-state index in [9.17, 15) is 24.9 Å². The van der Waals surface area contributed by atoms with Crippen LogP contribution in [0.15, 0.2) is 24.3 Å². The lowest BCUT2D eigenvalue weighted by Gasteiger charge is -2.22. The Morgan fingerprint density at radius 2 is 1.16 bits per heavy atom. The van der Waals surface area contributed by atoms with E-state index in [0.717, 1.165) is 33.4 Å². The zero-order valence-electron chi connectivity index (χ0n) is 23.4. The number of phenolic OH excluding ortho intramolecular Hbond substituents is 2. The maximum absolute atomic E-state index is 12.2. The van der Waals surface area contributed by atoms with Gasteiger partial charge in [0.05, 0.1) is 0 Å². The summed E-state index contributed by atoms with van der Waals surface area (Å²) < 4.78 is 10.1. The summed E-state index contributed by atoms with van der Waals surface area (Å²) in [5.74, 6) is -0.613. The van der Waals surface area contributed by atoms with E-state index in [1.807, 2.05) is 79.7 Å².